The van der Waals surface area contributed by atoms with Crippen LogP contribution in [0.4, 0.5) is 0 Å². The molecular formula is C64H92N20O9. The number of benzene rings is 3. The van der Waals surface area contributed by atoms with Crippen LogP contribution < -0.4 is 77.4 Å². The molecule has 1 fully saturated rings. The van der Waals surface area contributed by atoms with Crippen molar-refractivity contribution in [2.45, 2.75) is 158 Å². The summed E-state index contributed by atoms with van der Waals surface area (Å²) in [5, 5.41) is 20.7. The average molecular weight is 1290 g/mol. The van der Waals surface area contributed by atoms with Gasteiger partial charge < -0.3 is 92.2 Å². The van der Waals surface area contributed by atoms with E-state index in [4.69, 9.17) is 40.1 Å². The maximum atomic E-state index is 15.0. The van der Waals surface area contributed by atoms with Crippen molar-refractivity contribution in [1.82, 2.24) is 57.1 Å². The summed E-state index contributed by atoms with van der Waals surface area (Å²) in [6.07, 6.45) is 7.26. The highest BCUT2D eigenvalue weighted by Crippen LogP contribution is 2.22. The number of primary amides is 1. The summed E-state index contributed by atoms with van der Waals surface area (Å²) in [5.74, 6) is -7.28. The number of nitrogens with one attached hydrogen (secondary N) is 9. The van der Waals surface area contributed by atoms with Crippen LogP contribution in [-0.2, 0) is 68.8 Å². The standard InChI is InChI=1S/C64H92N20O9/c1-3-38(2)53(83-60(91)49(32-40-19-8-5-9-20-40)80-58(89)50(33-41-35-75-45-23-11-10-21-43(41)45)79-55(86)44(66)22-14-28-73-63(68)69)61(92)82-48(31-39-17-6-4-7-18-39)57(88)81-51(34-42-36-72-37-76-42)59(90)77-46(24-12-13-27-65)56(87)78-47(25-15-29-74-64(70)71)62(93)84-30-16-26-52(84)54(67)85/h4-11,17-21,23,35-38,44,46-53,75H,3,12-16,22,24-34,65-66H2,1-2H3,(H2,67,85)(H,72,76)(H,77,90)(H,78,87)(H,79,86)(H,80,89)(H,81,88)(H,82,92)(H,83,91)(H4,68,69,73)(H4,70,71,74)/t38-,44-,46-,47-,48+,49+,50+,51-,52-,53-/m0/s1. The lowest BCUT2D eigenvalue weighted by molar-refractivity contribution is -0.141. The van der Waals surface area contributed by atoms with E-state index in [2.05, 4.69) is 62.2 Å². The number of nitrogens with zero attached hydrogens (tertiary/aromatic N) is 4. The van der Waals surface area contributed by atoms with Crippen LogP contribution in [0.5, 0.6) is 0 Å². The van der Waals surface area contributed by atoms with Crippen LogP contribution in [0.1, 0.15) is 100 Å². The normalized spacial score (nSPS) is 15.7. The van der Waals surface area contributed by atoms with Crippen LogP contribution >= 0.6 is 0 Å². The summed E-state index contributed by atoms with van der Waals surface area (Å²) in [6.45, 7) is 4.42. The van der Waals surface area contributed by atoms with E-state index >= 15 is 9.59 Å². The van der Waals surface area contributed by atoms with E-state index in [0.717, 1.165) is 10.9 Å². The Morgan fingerprint density at radius 2 is 1.09 bits per heavy atom. The Morgan fingerprint density at radius 3 is 1.66 bits per heavy atom. The van der Waals surface area contributed by atoms with Crippen LogP contribution in [0.15, 0.2) is 114 Å². The van der Waals surface area contributed by atoms with E-state index in [-0.39, 0.29) is 89.5 Å². The number of fused-ring (bicyclic) bond motifs is 1. The summed E-state index contributed by atoms with van der Waals surface area (Å²) in [5.41, 5.74) is 43.1. The number of carbonyl (C=O) groups is 9. The first kappa shape index (κ1) is 72.2. The zero-order chi connectivity index (χ0) is 67.4. The Labute approximate surface area is 540 Å². The number of H-pyrrole nitrogens is 2. The quantitative estimate of drug-likeness (QED) is 0.0123. The molecule has 0 radical (unpaired) electrons. The number of nitrogens with two attached hydrogens (primary N) is 7. The lowest BCUT2D eigenvalue weighted by Crippen LogP contribution is -2.62. The molecular weight excluding hydrogens is 1190 g/mol. The number of hydrogen-bond donors (Lipinski definition) is 16. The Bertz CT molecular complexity index is 3320. The second-order valence-electron chi connectivity index (χ2n) is 23.3. The molecule has 93 heavy (non-hydrogen) atoms. The van der Waals surface area contributed by atoms with Gasteiger partial charge in [-0.15, -0.1) is 0 Å². The van der Waals surface area contributed by atoms with Crippen molar-refractivity contribution in [3.8, 4) is 0 Å². The number of rotatable bonds is 38. The number of aromatic amines is 2. The van der Waals surface area contributed by atoms with Gasteiger partial charge in [-0.05, 0) is 93.0 Å². The minimum atomic E-state index is -1.42. The first-order valence-electron chi connectivity index (χ1n) is 31.5. The predicted molar refractivity (Wildman–Crippen MR) is 352 cm³/mol. The van der Waals surface area contributed by atoms with E-state index in [1.165, 1.54) is 17.4 Å². The Hall–Kier alpha value is -9.90. The molecule has 9 amide bonds. The van der Waals surface area contributed by atoms with Crippen LogP contribution in [0.2, 0.25) is 0 Å². The van der Waals surface area contributed by atoms with Crippen molar-refractivity contribution >= 4 is 76.0 Å². The lowest BCUT2D eigenvalue weighted by atomic mass is 9.96. The van der Waals surface area contributed by atoms with Crippen LogP contribution in [0.25, 0.3) is 10.9 Å². The number of aliphatic imine (C=N–C) groups is 2. The van der Waals surface area contributed by atoms with Crippen molar-refractivity contribution in [3.63, 3.8) is 0 Å². The molecule has 0 aliphatic carbocycles. The van der Waals surface area contributed by atoms with E-state index < -0.39 is 113 Å². The summed E-state index contributed by atoms with van der Waals surface area (Å²) >= 11 is 0. The molecule has 2 aromatic heterocycles. The topological polar surface area (TPSA) is 492 Å². The first-order valence-corrected chi connectivity index (χ1v) is 31.5. The average Bonchev–Trinajstić information content (AvgIpc) is 2.01. The molecule has 29 heteroatoms. The Balaban J connectivity index is 1.26. The lowest BCUT2D eigenvalue weighted by Gasteiger charge is -2.30. The number of hydrogen-bond acceptors (Lipinski definition) is 14. The van der Waals surface area contributed by atoms with Gasteiger partial charge in [-0.2, -0.15) is 0 Å². The number of carbonyl (C=O) groups excluding carboxylic acids is 9. The number of guanidine groups is 2. The number of imidazole rings is 1. The highest BCUT2D eigenvalue weighted by molar-refractivity contribution is 5.99. The van der Waals surface area contributed by atoms with Gasteiger partial charge in [0.2, 0.25) is 53.2 Å². The molecule has 0 bridgehead atoms. The third-order valence-electron chi connectivity index (χ3n) is 16.3. The van der Waals surface area contributed by atoms with Gasteiger partial charge in [0.25, 0.3) is 0 Å². The van der Waals surface area contributed by atoms with Crippen molar-refractivity contribution in [2.24, 2.45) is 56.0 Å². The minimum Gasteiger partial charge on any atom is -0.370 e. The van der Waals surface area contributed by atoms with E-state index in [9.17, 15) is 33.6 Å². The van der Waals surface area contributed by atoms with E-state index in [1.807, 2.05) is 31.2 Å². The fourth-order valence-corrected chi connectivity index (χ4v) is 11.0. The SMILES string of the molecule is CC[C@H](C)[C@H](NC(=O)[C@@H](Cc1ccccc1)NC(=O)[C@@H](Cc1c[nH]c2ccccc12)NC(=O)[C@@H](N)CCCN=C(N)N)C(=O)N[C@H](Cc1ccccc1)C(=O)N[C@@H](Cc1cnc[nH]1)C(=O)N[C@@H](CCCCN)C(=O)N[C@@H](CCCN=C(N)N)C(=O)N1CCC[C@H]1C(N)=O. The van der Waals surface area contributed by atoms with Crippen molar-refractivity contribution in [2.75, 3.05) is 26.2 Å². The summed E-state index contributed by atoms with van der Waals surface area (Å²) in [4.78, 5) is 149. The van der Waals surface area contributed by atoms with Gasteiger partial charge in [-0.25, -0.2) is 4.98 Å². The van der Waals surface area contributed by atoms with Crippen molar-refractivity contribution < 1.29 is 43.2 Å². The van der Waals surface area contributed by atoms with Crippen LogP contribution in [0, 0.1) is 5.92 Å². The molecule has 5 aromatic rings. The fourth-order valence-electron chi connectivity index (χ4n) is 11.0. The first-order chi connectivity index (χ1) is 44.6. The highest BCUT2D eigenvalue weighted by Gasteiger charge is 2.39. The fraction of sp³-hybridized carbons (Fsp3) is 0.469. The minimum absolute atomic E-state index is 0.00776. The molecule has 0 saturated carbocycles. The van der Waals surface area contributed by atoms with Gasteiger partial charge >= 0.3 is 0 Å². The molecule has 0 unspecified atom stereocenters. The molecule has 1 aliphatic heterocycles. The molecule has 1 aliphatic rings. The smallest absolute Gasteiger partial charge is 0.245 e. The highest BCUT2D eigenvalue weighted by atomic mass is 16.2. The summed E-state index contributed by atoms with van der Waals surface area (Å²) in [7, 11) is 0. The number of aromatic nitrogens is 3. The molecule has 0 spiro atoms. The van der Waals surface area contributed by atoms with Gasteiger partial charge in [0, 0.05) is 74.3 Å². The Kier molecular flexibility index (Phi) is 28.6. The molecule has 10 atom stereocenters. The predicted octanol–water partition coefficient (Wildman–Crippen LogP) is -1.36. The third kappa shape index (κ3) is 22.8. The molecule has 1 saturated heterocycles. The van der Waals surface area contributed by atoms with Gasteiger partial charge in [0.05, 0.1) is 12.4 Å². The molecule has 502 valence electrons. The molecule has 3 heterocycles. The van der Waals surface area contributed by atoms with Gasteiger partial charge in [-0.3, -0.25) is 53.1 Å². The number of likely N-dealkylation sites (tertiary alicyclic amines) is 1. The summed E-state index contributed by atoms with van der Waals surface area (Å²) < 4.78 is 0. The van der Waals surface area contributed by atoms with Gasteiger partial charge in [0.1, 0.15) is 48.3 Å². The van der Waals surface area contributed by atoms with Crippen LogP contribution in [0.3, 0.4) is 0 Å². The number of unbranched alkanes of at least 4 members (excludes halogenated alkanes) is 1. The number of amides is 9. The van der Waals surface area contributed by atoms with Gasteiger partial charge in [0.15, 0.2) is 11.9 Å². The molecule has 23 N–H and O–H groups in total. The molecule has 3 aromatic carbocycles. The zero-order valence-electron chi connectivity index (χ0n) is 52.8. The molecule has 29 nitrogen and oxygen atoms in total. The molecule has 6 rings (SSSR count). The van der Waals surface area contributed by atoms with E-state index in [1.54, 1.807) is 73.8 Å². The van der Waals surface area contributed by atoms with Gasteiger partial charge in [-0.1, -0.05) is 99.1 Å². The summed E-state index contributed by atoms with van der Waals surface area (Å²) in [6, 6.07) is 14.0. The van der Waals surface area contributed by atoms with E-state index in [0.29, 0.717) is 60.9 Å². The largest absolute Gasteiger partial charge is 0.370 e. The second-order valence-corrected chi connectivity index (χ2v) is 23.3. The van der Waals surface area contributed by atoms with Crippen molar-refractivity contribution in [1.29, 1.82) is 0 Å². The maximum absolute atomic E-state index is 15.0. The second kappa shape index (κ2) is 36.8. The third-order valence-corrected chi connectivity index (χ3v) is 16.3. The Morgan fingerprint density at radius 1 is 0.581 bits per heavy atom. The zero-order valence-corrected chi connectivity index (χ0v) is 52.8. The van der Waals surface area contributed by atoms with Crippen LogP contribution in [-0.4, -0.2) is 165 Å². The monoisotopic (exact) mass is 1280 g/mol. The maximum Gasteiger partial charge on any atom is 0.245 e. The number of para-hydroxylation sites is 1. The van der Waals surface area contributed by atoms with Crippen molar-refractivity contribution in [3.05, 3.63) is 126 Å².